The van der Waals surface area contributed by atoms with E-state index in [1.54, 1.807) is 12.1 Å². The minimum absolute atomic E-state index is 0.00360. The molecule has 0 saturated heterocycles. The molecule has 2 aromatic rings. The molecule has 0 aliphatic heterocycles. The van der Waals surface area contributed by atoms with E-state index in [9.17, 15) is 9.90 Å². The van der Waals surface area contributed by atoms with Crippen LogP contribution in [0, 0.1) is 11.7 Å². The van der Waals surface area contributed by atoms with Gasteiger partial charge in [-0.15, -0.1) is 0 Å². The highest BCUT2D eigenvalue weighted by atomic mass is 19.1. The summed E-state index contributed by atoms with van der Waals surface area (Å²) in [4.78, 5) is 11.8. The Balaban J connectivity index is 0.00000316. The molecule has 0 spiro atoms. The number of ether oxygens (including phenoxy) is 1. The second-order valence-electron chi connectivity index (χ2n) is 11.2. The Morgan fingerprint density at radius 3 is 2.49 bits per heavy atom. The van der Waals surface area contributed by atoms with Crippen molar-refractivity contribution in [1.29, 1.82) is 0 Å². The Hall–Kier alpha value is -3.12. The lowest BCUT2D eigenvalue weighted by atomic mass is 9.87. The van der Waals surface area contributed by atoms with Crippen LogP contribution in [0.2, 0.25) is 0 Å². The third-order valence-corrected chi connectivity index (χ3v) is 7.96. The zero-order valence-corrected chi connectivity index (χ0v) is 27.6. The van der Waals surface area contributed by atoms with Gasteiger partial charge in [0, 0.05) is 18.1 Å². The zero-order valence-electron chi connectivity index (χ0n) is 27.6. The van der Waals surface area contributed by atoms with Crippen LogP contribution in [0.25, 0.3) is 16.7 Å². The second-order valence-corrected chi connectivity index (χ2v) is 11.2. The fourth-order valence-electron chi connectivity index (χ4n) is 5.07. The molecule has 1 unspecified atom stereocenters. The molecule has 1 amide bonds. The molecular weight excluding hydrogens is 539 g/mol. The normalized spacial score (nSPS) is 14.4. The van der Waals surface area contributed by atoms with Gasteiger partial charge in [-0.05, 0) is 101 Å². The number of benzene rings is 2. The van der Waals surface area contributed by atoms with Gasteiger partial charge in [-0.1, -0.05) is 77.0 Å². The van der Waals surface area contributed by atoms with Crippen LogP contribution in [0.5, 0.6) is 11.5 Å². The molecule has 1 atom stereocenters. The molecule has 238 valence electrons. The summed E-state index contributed by atoms with van der Waals surface area (Å²) in [6.07, 6.45) is 13.8. The van der Waals surface area contributed by atoms with Gasteiger partial charge in [0.05, 0.1) is 6.10 Å². The van der Waals surface area contributed by atoms with E-state index in [0.717, 1.165) is 69.2 Å². The third-order valence-electron chi connectivity index (χ3n) is 7.96. The molecule has 1 saturated carbocycles. The number of phenolic OH excluding ortho intramolecular Hbond substituents is 1. The highest BCUT2D eigenvalue weighted by Crippen LogP contribution is 2.43. The van der Waals surface area contributed by atoms with Crippen molar-refractivity contribution in [2.24, 2.45) is 5.92 Å². The summed E-state index contributed by atoms with van der Waals surface area (Å²) < 4.78 is 21.4. The van der Waals surface area contributed by atoms with Crippen LogP contribution < -0.4 is 15.4 Å². The first-order valence-electron chi connectivity index (χ1n) is 16.5. The van der Waals surface area contributed by atoms with Crippen LogP contribution >= 0.6 is 0 Å². The summed E-state index contributed by atoms with van der Waals surface area (Å²) >= 11 is 0. The monoisotopic (exact) mass is 594 g/mol. The smallest absolute Gasteiger partial charge is 0.221 e. The van der Waals surface area contributed by atoms with E-state index in [2.05, 4.69) is 50.5 Å². The zero-order chi connectivity index (χ0) is 31.8. The lowest BCUT2D eigenvalue weighted by molar-refractivity contribution is -0.114. The molecule has 1 aliphatic carbocycles. The molecule has 0 bridgehead atoms. The SMILES string of the molecule is C/C=C(\C=C(\c1cccc(-c2cc(F)c(NC(C)=O)c(OC3CCC3)c2)c1O)C(C)CC)CCCCCNCCC.CC. The fourth-order valence-corrected chi connectivity index (χ4v) is 5.07. The summed E-state index contributed by atoms with van der Waals surface area (Å²) in [6, 6.07) is 8.74. The lowest BCUT2D eigenvalue weighted by Gasteiger charge is -2.28. The summed E-state index contributed by atoms with van der Waals surface area (Å²) in [6.45, 7) is 16.1. The Morgan fingerprint density at radius 2 is 1.88 bits per heavy atom. The van der Waals surface area contributed by atoms with E-state index in [-0.39, 0.29) is 29.4 Å². The minimum Gasteiger partial charge on any atom is -0.507 e. The van der Waals surface area contributed by atoms with Gasteiger partial charge in [0.25, 0.3) is 0 Å². The molecule has 2 aromatic carbocycles. The highest BCUT2D eigenvalue weighted by Gasteiger charge is 2.24. The number of unbranched alkanes of at least 4 members (excludes halogenated alkanes) is 2. The molecule has 0 aromatic heterocycles. The number of hydrogen-bond donors (Lipinski definition) is 3. The van der Waals surface area contributed by atoms with E-state index < -0.39 is 5.82 Å². The maximum absolute atomic E-state index is 15.4. The number of rotatable bonds is 16. The molecule has 43 heavy (non-hydrogen) atoms. The van der Waals surface area contributed by atoms with E-state index >= 15 is 4.39 Å². The van der Waals surface area contributed by atoms with Crippen molar-refractivity contribution in [2.75, 3.05) is 18.4 Å². The van der Waals surface area contributed by atoms with Crippen molar-refractivity contribution in [2.45, 2.75) is 112 Å². The number of nitrogens with one attached hydrogen (secondary N) is 2. The summed E-state index contributed by atoms with van der Waals surface area (Å²) in [5.41, 5.74) is 4.18. The van der Waals surface area contributed by atoms with Crippen molar-refractivity contribution < 1.29 is 19.0 Å². The second kappa shape index (κ2) is 19.2. The highest BCUT2D eigenvalue weighted by molar-refractivity contribution is 5.92. The van der Waals surface area contributed by atoms with Crippen LogP contribution in [0.1, 0.15) is 112 Å². The van der Waals surface area contributed by atoms with Gasteiger partial charge in [-0.2, -0.15) is 0 Å². The number of hydrogen-bond acceptors (Lipinski definition) is 4. The number of allylic oxidation sites excluding steroid dienone is 4. The molecule has 6 heteroatoms. The van der Waals surface area contributed by atoms with Gasteiger partial charge < -0.3 is 20.5 Å². The molecule has 3 rings (SSSR count). The summed E-state index contributed by atoms with van der Waals surface area (Å²) in [7, 11) is 0. The molecule has 1 fully saturated rings. The number of carbonyl (C=O) groups is 1. The number of halogens is 1. The van der Waals surface area contributed by atoms with E-state index in [1.807, 2.05) is 26.0 Å². The van der Waals surface area contributed by atoms with Gasteiger partial charge in [0.15, 0.2) is 5.82 Å². The summed E-state index contributed by atoms with van der Waals surface area (Å²) in [5, 5.41) is 17.6. The van der Waals surface area contributed by atoms with Crippen LogP contribution in [0.3, 0.4) is 0 Å². The van der Waals surface area contributed by atoms with Gasteiger partial charge >= 0.3 is 0 Å². The maximum atomic E-state index is 15.4. The summed E-state index contributed by atoms with van der Waals surface area (Å²) in [5.74, 6) is -0.311. The van der Waals surface area contributed by atoms with Crippen molar-refractivity contribution in [3.05, 3.63) is 59.4 Å². The molecule has 1 aliphatic rings. The first kappa shape index (κ1) is 36.1. The third kappa shape index (κ3) is 10.8. The lowest BCUT2D eigenvalue weighted by Crippen LogP contribution is -2.25. The predicted molar refractivity (Wildman–Crippen MR) is 180 cm³/mol. The standard InChI is InChI=1S/C35H49FN2O3.C2H6/c1-6-19-37-20-11-9-10-14-26(8-3)21-31(24(4)7-2)30-18-13-17-29(35(30)40)27-22-32(36)34(38-25(5)39)33(23-27)41-28-15-12-16-28;1-2/h8,13,17-18,21-24,28,37,40H,6-7,9-12,14-16,19-20H2,1-5H3,(H,38,39);1-2H3/b26-8-,31-21+;. The number of anilines is 1. The first-order chi connectivity index (χ1) is 20.8. The van der Waals surface area contributed by atoms with E-state index in [1.165, 1.54) is 31.4 Å². The van der Waals surface area contributed by atoms with Crippen molar-refractivity contribution in [3.8, 4) is 22.6 Å². The molecule has 5 nitrogen and oxygen atoms in total. The molecule has 0 radical (unpaired) electrons. The number of para-hydroxylation sites is 1. The fraction of sp³-hybridized carbons (Fsp3) is 0.541. The van der Waals surface area contributed by atoms with Gasteiger partial charge in [-0.25, -0.2) is 4.39 Å². The Bertz CT molecular complexity index is 1220. The Labute approximate surface area is 260 Å². The average Bonchev–Trinajstić information content (AvgIpc) is 2.98. The number of aromatic hydroxyl groups is 1. The number of carbonyl (C=O) groups excluding carboxylic acids is 1. The largest absolute Gasteiger partial charge is 0.507 e. The minimum atomic E-state index is -0.587. The van der Waals surface area contributed by atoms with Crippen LogP contribution in [-0.2, 0) is 4.79 Å². The number of phenols is 1. The Kier molecular flexibility index (Phi) is 16.1. The number of amides is 1. The molecule has 0 heterocycles. The van der Waals surface area contributed by atoms with Crippen molar-refractivity contribution in [3.63, 3.8) is 0 Å². The Morgan fingerprint density at radius 1 is 1.14 bits per heavy atom. The van der Waals surface area contributed by atoms with Crippen LogP contribution in [-0.4, -0.2) is 30.2 Å². The molecule has 3 N–H and O–H groups in total. The van der Waals surface area contributed by atoms with Crippen LogP contribution in [0.15, 0.2) is 48.1 Å². The van der Waals surface area contributed by atoms with E-state index in [4.69, 9.17) is 4.74 Å². The van der Waals surface area contributed by atoms with E-state index in [0.29, 0.717) is 16.9 Å². The van der Waals surface area contributed by atoms with Gasteiger partial charge in [-0.3, -0.25) is 4.79 Å². The topological polar surface area (TPSA) is 70.6 Å². The van der Waals surface area contributed by atoms with Gasteiger partial charge in [0.2, 0.25) is 5.91 Å². The van der Waals surface area contributed by atoms with Crippen LogP contribution in [0.4, 0.5) is 10.1 Å². The first-order valence-corrected chi connectivity index (χ1v) is 16.5. The van der Waals surface area contributed by atoms with Gasteiger partial charge in [0.1, 0.15) is 17.2 Å². The average molecular weight is 595 g/mol. The predicted octanol–water partition coefficient (Wildman–Crippen LogP) is 10.0. The van der Waals surface area contributed by atoms with Crippen molar-refractivity contribution >= 4 is 17.2 Å². The molecular formula is C37H55FN2O3. The maximum Gasteiger partial charge on any atom is 0.221 e. The van der Waals surface area contributed by atoms with Crippen molar-refractivity contribution in [1.82, 2.24) is 5.32 Å². The quantitative estimate of drug-likeness (QED) is 0.134.